The molecular formula is C28H54O2. The van der Waals surface area contributed by atoms with E-state index in [0.717, 1.165) is 44.9 Å². The minimum Gasteiger partial charge on any atom is -0.465 e. The van der Waals surface area contributed by atoms with E-state index in [1.165, 1.54) is 83.5 Å². The number of unbranched alkanes of at least 4 members (excludes halogenated alkanes) is 14. The van der Waals surface area contributed by atoms with Crippen LogP contribution < -0.4 is 0 Å². The number of esters is 1. The van der Waals surface area contributed by atoms with Crippen LogP contribution in [0.15, 0.2) is 12.2 Å². The third-order valence-electron chi connectivity index (χ3n) is 6.05. The van der Waals surface area contributed by atoms with Gasteiger partial charge in [-0.25, -0.2) is 0 Å². The molecule has 0 N–H and O–H groups in total. The molecule has 30 heavy (non-hydrogen) atoms. The molecular weight excluding hydrogens is 368 g/mol. The Kier molecular flexibility index (Phi) is 23.8. The van der Waals surface area contributed by atoms with Crippen molar-refractivity contribution < 1.29 is 9.53 Å². The fourth-order valence-electron chi connectivity index (χ4n) is 3.92. The Morgan fingerprint density at radius 1 is 0.600 bits per heavy atom. The number of carbonyl (C=O) groups excluding carboxylic acids is 1. The molecule has 0 radical (unpaired) electrons. The van der Waals surface area contributed by atoms with Crippen LogP contribution >= 0.6 is 0 Å². The topological polar surface area (TPSA) is 26.3 Å². The summed E-state index contributed by atoms with van der Waals surface area (Å²) in [6.45, 7) is 7.28. The van der Waals surface area contributed by atoms with Crippen molar-refractivity contribution in [2.24, 2.45) is 5.92 Å². The Labute approximate surface area is 189 Å². The molecule has 0 saturated heterocycles. The van der Waals surface area contributed by atoms with Crippen LogP contribution in [0.2, 0.25) is 0 Å². The maximum absolute atomic E-state index is 12.3. The van der Waals surface area contributed by atoms with Crippen LogP contribution in [0.1, 0.15) is 149 Å². The summed E-state index contributed by atoms with van der Waals surface area (Å²) in [5.74, 6) is 0.198. The minimum absolute atomic E-state index is 0.0599. The van der Waals surface area contributed by atoms with Crippen molar-refractivity contribution in [3.05, 3.63) is 12.2 Å². The van der Waals surface area contributed by atoms with Gasteiger partial charge in [0.2, 0.25) is 0 Å². The van der Waals surface area contributed by atoms with E-state index in [1.54, 1.807) is 0 Å². The third-order valence-corrected chi connectivity index (χ3v) is 6.05. The molecule has 0 rings (SSSR count). The highest BCUT2D eigenvalue weighted by molar-refractivity contribution is 5.72. The molecule has 0 aliphatic heterocycles. The van der Waals surface area contributed by atoms with Gasteiger partial charge in [-0.3, -0.25) is 4.79 Å². The number of ether oxygens (including phenoxy) is 1. The lowest BCUT2D eigenvalue weighted by molar-refractivity contribution is -0.149. The van der Waals surface area contributed by atoms with Gasteiger partial charge >= 0.3 is 5.97 Å². The predicted octanol–water partition coefficient (Wildman–Crippen LogP) is 9.56. The van der Waals surface area contributed by atoms with Crippen LogP contribution in [0, 0.1) is 5.92 Å². The molecule has 2 nitrogen and oxygen atoms in total. The summed E-state index contributed by atoms with van der Waals surface area (Å²) >= 11 is 0. The molecule has 0 saturated carbocycles. The van der Waals surface area contributed by atoms with Gasteiger partial charge in [0.05, 0.1) is 12.5 Å². The molecule has 0 unspecified atom stereocenters. The summed E-state index contributed by atoms with van der Waals surface area (Å²) < 4.78 is 5.57. The normalized spacial score (nSPS) is 11.6. The highest BCUT2D eigenvalue weighted by Gasteiger charge is 2.18. The zero-order valence-electron chi connectivity index (χ0n) is 20.9. The number of hydrogen-bond donors (Lipinski definition) is 0. The van der Waals surface area contributed by atoms with Gasteiger partial charge in [0.25, 0.3) is 0 Å². The summed E-state index contributed by atoms with van der Waals surface area (Å²) in [6.07, 6.45) is 29.7. The van der Waals surface area contributed by atoms with Gasteiger partial charge in [0.1, 0.15) is 0 Å². The first-order valence-corrected chi connectivity index (χ1v) is 13.6. The molecule has 0 aliphatic carbocycles. The van der Waals surface area contributed by atoms with E-state index in [2.05, 4.69) is 32.9 Å². The largest absolute Gasteiger partial charge is 0.465 e. The fraction of sp³-hybridized carbons (Fsp3) is 0.893. The molecule has 2 heteroatoms. The summed E-state index contributed by atoms with van der Waals surface area (Å²) in [6, 6.07) is 0. The molecule has 0 spiro atoms. The maximum Gasteiger partial charge on any atom is 0.308 e. The van der Waals surface area contributed by atoms with E-state index in [0.29, 0.717) is 6.61 Å². The van der Waals surface area contributed by atoms with Crippen LogP contribution in [-0.4, -0.2) is 12.6 Å². The third kappa shape index (κ3) is 20.5. The van der Waals surface area contributed by atoms with Gasteiger partial charge in [0.15, 0.2) is 0 Å². The van der Waals surface area contributed by atoms with Crippen LogP contribution in [-0.2, 0) is 9.53 Å². The Hall–Kier alpha value is -0.790. The van der Waals surface area contributed by atoms with E-state index in [-0.39, 0.29) is 11.9 Å². The quantitative estimate of drug-likeness (QED) is 0.0930. The van der Waals surface area contributed by atoms with E-state index in [1.807, 2.05) is 0 Å². The molecule has 0 aromatic heterocycles. The standard InChI is InChI=1S/C28H54O2/c1-4-7-10-11-12-13-14-15-16-17-18-19-20-21-22-23-26-30-28(29)27(24-8-5-2)25-9-6-3/h15-16,27H,4-14,17-26H2,1-3H3/b16-15-. The number of carbonyl (C=O) groups is 1. The summed E-state index contributed by atoms with van der Waals surface area (Å²) in [5.41, 5.74) is 0. The van der Waals surface area contributed by atoms with Crippen molar-refractivity contribution >= 4 is 5.97 Å². The molecule has 0 atom stereocenters. The van der Waals surface area contributed by atoms with Crippen LogP contribution in [0.5, 0.6) is 0 Å². The zero-order chi connectivity index (χ0) is 22.1. The average Bonchev–Trinajstić information content (AvgIpc) is 2.75. The molecule has 0 heterocycles. The second kappa shape index (κ2) is 24.5. The maximum atomic E-state index is 12.3. The first-order chi connectivity index (χ1) is 14.8. The predicted molar refractivity (Wildman–Crippen MR) is 133 cm³/mol. The lowest BCUT2D eigenvalue weighted by Crippen LogP contribution is -2.18. The minimum atomic E-state index is 0.0599. The number of hydrogen-bond acceptors (Lipinski definition) is 2. The summed E-state index contributed by atoms with van der Waals surface area (Å²) in [7, 11) is 0. The van der Waals surface area contributed by atoms with Crippen LogP contribution in [0.25, 0.3) is 0 Å². The van der Waals surface area contributed by atoms with Gasteiger partial charge in [-0.2, -0.15) is 0 Å². The summed E-state index contributed by atoms with van der Waals surface area (Å²) in [5, 5.41) is 0. The van der Waals surface area contributed by atoms with Crippen molar-refractivity contribution in [2.75, 3.05) is 6.61 Å². The van der Waals surface area contributed by atoms with Gasteiger partial charge in [0, 0.05) is 0 Å². The first-order valence-electron chi connectivity index (χ1n) is 13.6. The van der Waals surface area contributed by atoms with Crippen molar-refractivity contribution in [3.63, 3.8) is 0 Å². The molecule has 0 amide bonds. The number of rotatable bonds is 23. The van der Waals surface area contributed by atoms with E-state index >= 15 is 0 Å². The van der Waals surface area contributed by atoms with Gasteiger partial charge < -0.3 is 4.74 Å². The lowest BCUT2D eigenvalue weighted by atomic mass is 9.96. The Morgan fingerprint density at radius 3 is 1.53 bits per heavy atom. The zero-order valence-corrected chi connectivity index (χ0v) is 20.9. The Bertz CT molecular complexity index is 367. The van der Waals surface area contributed by atoms with Gasteiger partial charge in [-0.05, 0) is 44.9 Å². The molecule has 0 bridgehead atoms. The molecule has 178 valence electrons. The fourth-order valence-corrected chi connectivity index (χ4v) is 3.92. The van der Waals surface area contributed by atoms with Crippen molar-refractivity contribution in [2.45, 2.75) is 149 Å². The first kappa shape index (κ1) is 29.2. The summed E-state index contributed by atoms with van der Waals surface area (Å²) in [4.78, 5) is 12.3. The van der Waals surface area contributed by atoms with Crippen LogP contribution in [0.4, 0.5) is 0 Å². The Morgan fingerprint density at radius 2 is 1.03 bits per heavy atom. The lowest BCUT2D eigenvalue weighted by Gasteiger charge is -2.15. The SMILES string of the molecule is CCCCCCCC/C=C\CCCCCCCCOC(=O)C(CCCC)CCCC. The molecule has 0 fully saturated rings. The second-order valence-corrected chi connectivity index (χ2v) is 9.09. The highest BCUT2D eigenvalue weighted by Crippen LogP contribution is 2.18. The number of allylic oxidation sites excluding steroid dienone is 2. The Balaban J connectivity index is 3.45. The molecule has 0 aliphatic rings. The second-order valence-electron chi connectivity index (χ2n) is 9.09. The van der Waals surface area contributed by atoms with Crippen molar-refractivity contribution in [1.29, 1.82) is 0 Å². The monoisotopic (exact) mass is 422 g/mol. The highest BCUT2D eigenvalue weighted by atomic mass is 16.5. The van der Waals surface area contributed by atoms with Crippen molar-refractivity contribution in [1.82, 2.24) is 0 Å². The van der Waals surface area contributed by atoms with E-state index in [4.69, 9.17) is 4.74 Å². The molecule has 0 aromatic carbocycles. The van der Waals surface area contributed by atoms with Gasteiger partial charge in [-0.15, -0.1) is 0 Å². The average molecular weight is 423 g/mol. The van der Waals surface area contributed by atoms with E-state index < -0.39 is 0 Å². The van der Waals surface area contributed by atoms with Crippen LogP contribution in [0.3, 0.4) is 0 Å². The smallest absolute Gasteiger partial charge is 0.308 e. The molecule has 0 aromatic rings. The van der Waals surface area contributed by atoms with Crippen molar-refractivity contribution in [3.8, 4) is 0 Å². The van der Waals surface area contributed by atoms with Gasteiger partial charge in [-0.1, -0.05) is 116 Å². The van der Waals surface area contributed by atoms with E-state index in [9.17, 15) is 4.79 Å².